The summed E-state index contributed by atoms with van der Waals surface area (Å²) in [6.45, 7) is 4.06. The summed E-state index contributed by atoms with van der Waals surface area (Å²) >= 11 is 0. The quantitative estimate of drug-likeness (QED) is 0.286. The van der Waals surface area contributed by atoms with Gasteiger partial charge in [0, 0.05) is 52.8 Å². The molecule has 2 rings (SSSR count). The molecule has 138 valence electrons. The number of aliphatic imine (C=N–C) groups is 1. The SMILES string of the molecule is CN=C(NCCCOCC1CCCO1)N(C)Cc1cccn1C.I. The molecule has 0 saturated carbocycles. The fourth-order valence-corrected chi connectivity index (χ4v) is 2.73. The van der Waals surface area contributed by atoms with Gasteiger partial charge in [-0.05, 0) is 31.4 Å². The molecule has 0 amide bonds. The number of aryl methyl sites for hydroxylation is 1. The zero-order valence-corrected chi connectivity index (χ0v) is 17.4. The predicted octanol–water partition coefficient (Wildman–Crippen LogP) is 2.24. The van der Waals surface area contributed by atoms with Crippen LogP contribution in [0.25, 0.3) is 0 Å². The zero-order valence-electron chi connectivity index (χ0n) is 15.0. The average Bonchev–Trinajstić information content (AvgIpc) is 3.19. The van der Waals surface area contributed by atoms with E-state index in [1.807, 2.05) is 7.05 Å². The van der Waals surface area contributed by atoms with Crippen LogP contribution in [0, 0.1) is 0 Å². The number of aromatic nitrogens is 1. The van der Waals surface area contributed by atoms with Crippen molar-refractivity contribution in [3.05, 3.63) is 24.0 Å². The molecule has 1 aliphatic rings. The van der Waals surface area contributed by atoms with E-state index in [-0.39, 0.29) is 24.0 Å². The number of halogens is 1. The van der Waals surface area contributed by atoms with E-state index in [9.17, 15) is 0 Å². The molecule has 0 aliphatic carbocycles. The van der Waals surface area contributed by atoms with E-state index in [0.717, 1.165) is 51.7 Å². The Morgan fingerprint density at radius 3 is 3.00 bits per heavy atom. The molecule has 24 heavy (non-hydrogen) atoms. The largest absolute Gasteiger partial charge is 0.379 e. The van der Waals surface area contributed by atoms with Crippen molar-refractivity contribution in [2.24, 2.45) is 12.0 Å². The minimum absolute atomic E-state index is 0. The van der Waals surface area contributed by atoms with Gasteiger partial charge in [0.05, 0.1) is 19.3 Å². The Morgan fingerprint density at radius 2 is 2.38 bits per heavy atom. The minimum atomic E-state index is 0. The minimum Gasteiger partial charge on any atom is -0.379 e. The monoisotopic (exact) mass is 450 g/mol. The van der Waals surface area contributed by atoms with Gasteiger partial charge in [-0.15, -0.1) is 24.0 Å². The van der Waals surface area contributed by atoms with E-state index in [1.165, 1.54) is 12.1 Å². The number of guanidine groups is 1. The van der Waals surface area contributed by atoms with Crippen molar-refractivity contribution in [1.29, 1.82) is 0 Å². The standard InChI is InChI=1S/C17H30N4O2.HI/c1-18-17(21(3)13-15-7-4-10-20(15)2)19-9-6-11-22-14-16-8-5-12-23-16;/h4,7,10,16H,5-6,8-9,11-14H2,1-3H3,(H,18,19);1H. The molecule has 1 saturated heterocycles. The van der Waals surface area contributed by atoms with E-state index >= 15 is 0 Å². The molecule has 1 aliphatic heterocycles. The lowest BCUT2D eigenvalue weighted by molar-refractivity contribution is 0.0168. The van der Waals surface area contributed by atoms with Gasteiger partial charge in [0.25, 0.3) is 0 Å². The topological polar surface area (TPSA) is 51.0 Å². The van der Waals surface area contributed by atoms with Crippen molar-refractivity contribution >= 4 is 29.9 Å². The molecule has 0 spiro atoms. The van der Waals surface area contributed by atoms with Crippen molar-refractivity contribution in [3.8, 4) is 0 Å². The van der Waals surface area contributed by atoms with Crippen LogP contribution in [0.15, 0.2) is 23.3 Å². The fraction of sp³-hybridized carbons (Fsp3) is 0.706. The smallest absolute Gasteiger partial charge is 0.193 e. The van der Waals surface area contributed by atoms with Crippen LogP contribution in [0.2, 0.25) is 0 Å². The van der Waals surface area contributed by atoms with Crippen LogP contribution < -0.4 is 5.32 Å². The summed E-state index contributed by atoms with van der Waals surface area (Å²) in [4.78, 5) is 6.47. The van der Waals surface area contributed by atoms with Gasteiger partial charge in [0.1, 0.15) is 0 Å². The Labute approximate surface area is 162 Å². The van der Waals surface area contributed by atoms with E-state index in [1.54, 1.807) is 0 Å². The highest BCUT2D eigenvalue weighted by Gasteiger charge is 2.15. The van der Waals surface area contributed by atoms with Gasteiger partial charge < -0.3 is 24.3 Å². The summed E-state index contributed by atoms with van der Waals surface area (Å²) in [5.41, 5.74) is 1.26. The van der Waals surface area contributed by atoms with Crippen molar-refractivity contribution in [2.75, 3.05) is 40.5 Å². The number of nitrogens with one attached hydrogen (secondary N) is 1. The van der Waals surface area contributed by atoms with Crippen LogP contribution in [0.1, 0.15) is 25.0 Å². The van der Waals surface area contributed by atoms with Gasteiger partial charge in [0.2, 0.25) is 0 Å². The van der Waals surface area contributed by atoms with Gasteiger partial charge in [-0.2, -0.15) is 0 Å². The Morgan fingerprint density at radius 1 is 1.54 bits per heavy atom. The van der Waals surface area contributed by atoms with E-state index in [0.29, 0.717) is 6.10 Å². The Bertz CT molecular complexity index is 487. The first-order chi connectivity index (χ1) is 11.2. The predicted molar refractivity (Wildman–Crippen MR) is 108 cm³/mol. The summed E-state index contributed by atoms with van der Waals surface area (Å²) in [6.07, 6.45) is 5.63. The van der Waals surface area contributed by atoms with E-state index in [2.05, 4.69) is 52.2 Å². The van der Waals surface area contributed by atoms with Crippen LogP contribution in [-0.2, 0) is 23.1 Å². The Kier molecular flexibility index (Phi) is 10.4. The maximum atomic E-state index is 5.67. The van der Waals surface area contributed by atoms with Crippen molar-refractivity contribution in [2.45, 2.75) is 31.9 Å². The van der Waals surface area contributed by atoms with Crippen LogP contribution in [0.3, 0.4) is 0 Å². The molecule has 1 aromatic rings. The third-order valence-electron chi connectivity index (χ3n) is 4.10. The number of nitrogens with zero attached hydrogens (tertiary/aromatic N) is 3. The first-order valence-corrected chi connectivity index (χ1v) is 8.42. The Hall–Kier alpha value is -0.800. The molecular formula is C17H31IN4O2. The first-order valence-electron chi connectivity index (χ1n) is 8.42. The van der Waals surface area contributed by atoms with Crippen LogP contribution >= 0.6 is 24.0 Å². The lowest BCUT2D eigenvalue weighted by atomic mass is 10.2. The van der Waals surface area contributed by atoms with Crippen LogP contribution in [-0.4, -0.2) is 62.0 Å². The molecule has 1 N–H and O–H groups in total. The number of hydrogen-bond donors (Lipinski definition) is 1. The summed E-state index contributed by atoms with van der Waals surface area (Å²) < 4.78 is 13.3. The van der Waals surface area contributed by atoms with Gasteiger partial charge in [-0.1, -0.05) is 0 Å². The summed E-state index contributed by atoms with van der Waals surface area (Å²) in [5, 5.41) is 3.38. The summed E-state index contributed by atoms with van der Waals surface area (Å²) in [7, 11) is 5.93. The highest BCUT2D eigenvalue weighted by molar-refractivity contribution is 14.0. The molecule has 7 heteroatoms. The lowest BCUT2D eigenvalue weighted by Gasteiger charge is -2.22. The molecule has 1 fully saturated rings. The maximum Gasteiger partial charge on any atom is 0.193 e. The summed E-state index contributed by atoms with van der Waals surface area (Å²) in [6, 6.07) is 4.19. The molecule has 1 unspecified atom stereocenters. The molecule has 0 bridgehead atoms. The second kappa shape index (κ2) is 11.7. The van der Waals surface area contributed by atoms with Crippen molar-refractivity contribution in [3.63, 3.8) is 0 Å². The van der Waals surface area contributed by atoms with Gasteiger partial charge in [0.15, 0.2) is 5.96 Å². The highest BCUT2D eigenvalue weighted by atomic mass is 127. The van der Waals surface area contributed by atoms with E-state index in [4.69, 9.17) is 9.47 Å². The molecule has 1 aromatic heterocycles. The lowest BCUT2D eigenvalue weighted by Crippen LogP contribution is -2.39. The summed E-state index contributed by atoms with van der Waals surface area (Å²) in [5.74, 6) is 0.908. The van der Waals surface area contributed by atoms with Crippen molar-refractivity contribution < 1.29 is 9.47 Å². The van der Waals surface area contributed by atoms with Gasteiger partial charge in [-0.3, -0.25) is 4.99 Å². The molecule has 1 atom stereocenters. The molecule has 0 radical (unpaired) electrons. The van der Waals surface area contributed by atoms with Gasteiger partial charge >= 0.3 is 0 Å². The number of rotatable bonds is 8. The normalized spacial score (nSPS) is 17.6. The zero-order chi connectivity index (χ0) is 16.5. The van der Waals surface area contributed by atoms with Crippen molar-refractivity contribution in [1.82, 2.24) is 14.8 Å². The second-order valence-electron chi connectivity index (χ2n) is 6.00. The fourth-order valence-electron chi connectivity index (χ4n) is 2.73. The average molecular weight is 450 g/mol. The van der Waals surface area contributed by atoms with Gasteiger partial charge in [-0.25, -0.2) is 0 Å². The second-order valence-corrected chi connectivity index (χ2v) is 6.00. The third-order valence-corrected chi connectivity index (χ3v) is 4.10. The van der Waals surface area contributed by atoms with Crippen LogP contribution in [0.4, 0.5) is 0 Å². The Balaban J connectivity index is 0.00000288. The molecule has 0 aromatic carbocycles. The van der Waals surface area contributed by atoms with E-state index < -0.39 is 0 Å². The molecular weight excluding hydrogens is 419 g/mol. The molecule has 2 heterocycles. The number of hydrogen-bond acceptors (Lipinski definition) is 3. The first kappa shape index (κ1) is 21.2. The maximum absolute atomic E-state index is 5.67. The number of ether oxygens (including phenoxy) is 2. The molecule has 6 nitrogen and oxygen atoms in total. The third kappa shape index (κ3) is 6.98. The van der Waals surface area contributed by atoms with Crippen LogP contribution in [0.5, 0.6) is 0 Å². The highest BCUT2D eigenvalue weighted by Crippen LogP contribution is 2.11.